The minimum atomic E-state index is 0.643. The molecule has 0 radical (unpaired) electrons. The summed E-state index contributed by atoms with van der Waals surface area (Å²) in [5, 5.41) is 17.8. The summed E-state index contributed by atoms with van der Waals surface area (Å²) in [6.45, 7) is 0. The highest BCUT2D eigenvalue weighted by Crippen LogP contribution is 2.45. The third-order valence-corrected chi connectivity index (χ3v) is 14.5. The highest BCUT2D eigenvalue weighted by Gasteiger charge is 2.19. The molecule has 0 N–H and O–H groups in total. The normalized spacial score (nSPS) is 12.0. The molecule has 3 nitrogen and oxygen atoms in total. The monoisotopic (exact) mass is 841 g/mol. The zero-order valence-corrected chi connectivity index (χ0v) is 35.8. The van der Waals surface area contributed by atoms with Gasteiger partial charge < -0.3 is 0 Å². The first-order chi connectivity index (χ1) is 32.2. The van der Waals surface area contributed by atoms with Crippen molar-refractivity contribution in [2.75, 3.05) is 0 Å². The van der Waals surface area contributed by atoms with Crippen LogP contribution < -0.4 is 0 Å². The number of fused-ring (bicyclic) bond motifs is 5. The van der Waals surface area contributed by atoms with Crippen molar-refractivity contribution in [3.8, 4) is 56.4 Å². The number of rotatable bonds is 5. The molecule has 0 atom stereocenters. The van der Waals surface area contributed by atoms with Crippen LogP contribution in [0.5, 0.6) is 0 Å². The summed E-state index contributed by atoms with van der Waals surface area (Å²) in [5.41, 5.74) is 7.49. The van der Waals surface area contributed by atoms with Crippen LogP contribution in [0.3, 0.4) is 0 Å². The maximum atomic E-state index is 5.22. The van der Waals surface area contributed by atoms with Gasteiger partial charge in [0, 0.05) is 36.9 Å². The Morgan fingerprint density at radius 3 is 1.45 bits per heavy atom. The second kappa shape index (κ2) is 14.1. The van der Waals surface area contributed by atoms with Crippen molar-refractivity contribution in [1.82, 2.24) is 15.0 Å². The fourth-order valence-electron chi connectivity index (χ4n) is 10.4. The van der Waals surface area contributed by atoms with Gasteiger partial charge in [0.1, 0.15) is 0 Å². The molecule has 4 heteroatoms. The highest BCUT2D eigenvalue weighted by atomic mass is 32.1. The fourth-order valence-corrected chi connectivity index (χ4v) is 11.6. The van der Waals surface area contributed by atoms with Crippen molar-refractivity contribution < 1.29 is 0 Å². The predicted octanol–water partition coefficient (Wildman–Crippen LogP) is 16.9. The maximum Gasteiger partial charge on any atom is 0.164 e. The second-order valence-corrected chi connectivity index (χ2v) is 18.2. The van der Waals surface area contributed by atoms with Crippen molar-refractivity contribution in [3.05, 3.63) is 212 Å². The number of nitrogens with zero attached hydrogens (tertiary/aromatic N) is 3. The lowest BCUT2D eigenvalue weighted by molar-refractivity contribution is 1.08. The average molecular weight is 842 g/mol. The van der Waals surface area contributed by atoms with Gasteiger partial charge in [0.2, 0.25) is 0 Å². The highest BCUT2D eigenvalue weighted by molar-refractivity contribution is 7.25. The number of aromatic nitrogens is 3. The average Bonchev–Trinajstić information content (AvgIpc) is 3.76. The minimum absolute atomic E-state index is 0.643. The number of hydrogen-bond acceptors (Lipinski definition) is 4. The molecule has 300 valence electrons. The van der Waals surface area contributed by atoms with E-state index in [9.17, 15) is 0 Å². The lowest BCUT2D eigenvalue weighted by Crippen LogP contribution is -2.00. The zero-order chi connectivity index (χ0) is 42.6. The largest absolute Gasteiger partial charge is 0.208 e. The molecule has 2 heterocycles. The molecular formula is C61H35N3S. The van der Waals surface area contributed by atoms with Gasteiger partial charge in [-0.25, -0.2) is 15.0 Å². The van der Waals surface area contributed by atoms with Crippen LogP contribution >= 0.6 is 11.3 Å². The molecule has 0 amide bonds. The smallest absolute Gasteiger partial charge is 0.164 e. The summed E-state index contributed by atoms with van der Waals surface area (Å²) in [6.07, 6.45) is 0. The summed E-state index contributed by atoms with van der Waals surface area (Å²) in [7, 11) is 0. The minimum Gasteiger partial charge on any atom is -0.208 e. The molecule has 0 spiro atoms. The third-order valence-electron chi connectivity index (χ3n) is 13.4. The Kier molecular flexibility index (Phi) is 7.85. The quantitative estimate of drug-likeness (QED) is 0.162. The Bertz CT molecular complexity index is 4220. The summed E-state index contributed by atoms with van der Waals surface area (Å²) in [4.78, 5) is 15.5. The van der Waals surface area contributed by atoms with Gasteiger partial charge in [-0.15, -0.1) is 11.3 Å². The van der Waals surface area contributed by atoms with Crippen LogP contribution in [-0.2, 0) is 0 Å². The number of thiophene rings is 1. The van der Waals surface area contributed by atoms with Gasteiger partial charge in [-0.05, 0) is 117 Å². The summed E-state index contributed by atoms with van der Waals surface area (Å²) in [6, 6.07) is 77.1. The van der Waals surface area contributed by atoms with E-state index in [4.69, 9.17) is 15.0 Å². The van der Waals surface area contributed by atoms with Crippen LogP contribution in [-0.4, -0.2) is 15.0 Å². The Morgan fingerprint density at radius 1 is 0.246 bits per heavy atom. The standard InChI is InChI=1S/C61H35N3S/c1-2-11-41(12-3-1)59-62-60(64-61(63-59)50-22-10-24-53-58(50)49-18-4-5-23-52(49)65-53)44-17-6-16-42(33-44)36-25-27-37(28-26-36)45-34-43-32-31-40-14-8-20-47-46-19-7-13-38-29-30-39-15-9-21-48(56(39)54(38)46)51(35-45)57(43)55(40)47/h1-35H. The van der Waals surface area contributed by atoms with Crippen LogP contribution in [0.1, 0.15) is 0 Å². The Labute approximate surface area is 377 Å². The first kappa shape index (κ1) is 36.2. The van der Waals surface area contributed by atoms with Crippen molar-refractivity contribution in [3.63, 3.8) is 0 Å². The van der Waals surface area contributed by atoms with Crippen LogP contribution in [0.2, 0.25) is 0 Å². The van der Waals surface area contributed by atoms with Crippen molar-refractivity contribution >= 4 is 96.1 Å². The van der Waals surface area contributed by atoms with E-state index in [1.807, 2.05) is 18.2 Å². The van der Waals surface area contributed by atoms with Crippen LogP contribution in [0.15, 0.2) is 212 Å². The molecule has 65 heavy (non-hydrogen) atoms. The molecule has 2 aromatic heterocycles. The number of benzene rings is 11. The van der Waals surface area contributed by atoms with Gasteiger partial charge in [0.15, 0.2) is 17.5 Å². The van der Waals surface area contributed by atoms with E-state index in [0.717, 1.165) is 27.8 Å². The van der Waals surface area contributed by atoms with E-state index in [1.54, 1.807) is 11.3 Å². The first-order valence-corrected chi connectivity index (χ1v) is 22.9. The van der Waals surface area contributed by atoms with Crippen LogP contribution in [0.25, 0.3) is 141 Å². The van der Waals surface area contributed by atoms with Crippen molar-refractivity contribution in [2.24, 2.45) is 0 Å². The molecule has 0 aliphatic carbocycles. The molecule has 0 fully saturated rings. The SMILES string of the molecule is c1ccc(-c2nc(-c3cccc(-c4ccc(-c5cc6ccc7cccc8c9cccc%10ccc%11cccc(c(c5)c6c78)c%11c%109)cc4)c3)nc(-c3cccc4sc5ccccc5c34)n2)cc1. The molecule has 0 aliphatic rings. The Balaban J connectivity index is 0.906. The molecule has 14 aromatic rings. The van der Waals surface area contributed by atoms with E-state index in [-0.39, 0.29) is 0 Å². The summed E-state index contributed by atoms with van der Waals surface area (Å²) in [5.74, 6) is 1.96. The molecule has 0 aliphatic heterocycles. The lowest BCUT2D eigenvalue weighted by Gasteiger charge is -2.17. The van der Waals surface area contributed by atoms with Crippen LogP contribution in [0.4, 0.5) is 0 Å². The first-order valence-electron chi connectivity index (χ1n) is 22.1. The molecular weight excluding hydrogens is 807 g/mol. The van der Waals surface area contributed by atoms with Gasteiger partial charge in [-0.3, -0.25) is 0 Å². The third kappa shape index (κ3) is 5.64. The van der Waals surface area contributed by atoms with E-state index in [2.05, 4.69) is 194 Å². The van der Waals surface area contributed by atoms with E-state index >= 15 is 0 Å². The summed E-state index contributed by atoms with van der Waals surface area (Å²) >= 11 is 1.80. The van der Waals surface area contributed by atoms with E-state index in [0.29, 0.717) is 17.5 Å². The zero-order valence-electron chi connectivity index (χ0n) is 35.0. The molecule has 0 saturated heterocycles. The van der Waals surface area contributed by atoms with Crippen molar-refractivity contribution in [2.45, 2.75) is 0 Å². The van der Waals surface area contributed by atoms with Crippen LogP contribution in [0, 0.1) is 0 Å². The van der Waals surface area contributed by atoms with E-state index in [1.165, 1.54) is 95.9 Å². The van der Waals surface area contributed by atoms with Gasteiger partial charge in [0.25, 0.3) is 0 Å². The molecule has 0 saturated carbocycles. The topological polar surface area (TPSA) is 38.7 Å². The molecule has 12 aromatic carbocycles. The number of hydrogen-bond donors (Lipinski definition) is 0. The lowest BCUT2D eigenvalue weighted by atomic mass is 9.86. The van der Waals surface area contributed by atoms with Gasteiger partial charge in [-0.2, -0.15) is 0 Å². The Hall–Kier alpha value is -8.31. The van der Waals surface area contributed by atoms with Gasteiger partial charge in [0.05, 0.1) is 0 Å². The van der Waals surface area contributed by atoms with Gasteiger partial charge in [-0.1, -0.05) is 182 Å². The predicted molar refractivity (Wildman–Crippen MR) is 276 cm³/mol. The molecule has 0 bridgehead atoms. The van der Waals surface area contributed by atoms with E-state index < -0.39 is 0 Å². The summed E-state index contributed by atoms with van der Waals surface area (Å²) < 4.78 is 2.47. The van der Waals surface area contributed by atoms with Crippen molar-refractivity contribution in [1.29, 1.82) is 0 Å². The second-order valence-electron chi connectivity index (χ2n) is 17.1. The maximum absolute atomic E-state index is 5.22. The molecule has 14 rings (SSSR count). The fraction of sp³-hybridized carbons (Fsp3) is 0. The van der Waals surface area contributed by atoms with Gasteiger partial charge >= 0.3 is 0 Å². The molecule has 0 unspecified atom stereocenters. The Morgan fingerprint density at radius 2 is 0.738 bits per heavy atom.